The maximum absolute atomic E-state index is 12.7. The number of aryl methyl sites for hydroxylation is 1. The Morgan fingerprint density at radius 3 is 1.86 bits per heavy atom. The number of unbranched alkanes of at least 4 members (excludes halogenated alkanes) is 15. The van der Waals surface area contributed by atoms with Gasteiger partial charge >= 0.3 is 5.97 Å². The molecule has 0 saturated carbocycles. The summed E-state index contributed by atoms with van der Waals surface area (Å²) in [6.07, 6.45) is 23.1. The van der Waals surface area contributed by atoms with Crippen LogP contribution >= 0.6 is 0 Å². The van der Waals surface area contributed by atoms with Crippen LogP contribution in [-0.2, 0) is 16.0 Å². The number of ether oxygens (including phenoxy) is 1. The molecule has 0 fully saturated rings. The number of benzene rings is 2. The van der Waals surface area contributed by atoms with Crippen molar-refractivity contribution in [2.45, 2.75) is 150 Å². The van der Waals surface area contributed by atoms with E-state index in [4.69, 9.17) is 4.74 Å². The van der Waals surface area contributed by atoms with Crippen molar-refractivity contribution < 1.29 is 14.3 Å². The lowest BCUT2D eigenvalue weighted by Crippen LogP contribution is -2.14. The molecule has 0 aliphatic carbocycles. The number of ketones is 1. The van der Waals surface area contributed by atoms with Crippen molar-refractivity contribution in [2.75, 3.05) is 0 Å². The number of esters is 1. The second-order valence-electron chi connectivity index (χ2n) is 12.7. The Hall–Kier alpha value is -2.62. The molecule has 0 spiro atoms. The lowest BCUT2D eigenvalue weighted by Gasteiger charge is -2.14. The SMILES string of the molecule is CCCCCCCCCCCCCCCCCCc1c(C)c(OC(=O)CCC(=O)C(C)C)cc2c1[nH]c1ccccc12. The van der Waals surface area contributed by atoms with E-state index in [1.165, 1.54) is 102 Å². The van der Waals surface area contributed by atoms with Crippen molar-refractivity contribution in [2.24, 2.45) is 5.92 Å². The molecule has 0 atom stereocenters. The molecule has 0 aliphatic rings. The van der Waals surface area contributed by atoms with Crippen molar-refractivity contribution in [3.63, 3.8) is 0 Å². The number of para-hydroxylation sites is 1. The highest BCUT2D eigenvalue weighted by atomic mass is 16.5. The van der Waals surface area contributed by atoms with Gasteiger partial charge in [0.2, 0.25) is 0 Å². The van der Waals surface area contributed by atoms with Gasteiger partial charge < -0.3 is 9.72 Å². The number of hydrogen-bond donors (Lipinski definition) is 1. The molecule has 0 aliphatic heterocycles. The van der Waals surface area contributed by atoms with Crippen molar-refractivity contribution in [3.05, 3.63) is 41.5 Å². The fraction of sp³-hybridized carbons (Fsp3) is 0.632. The predicted octanol–water partition coefficient (Wildman–Crippen LogP) is 11.3. The number of aromatic nitrogens is 1. The lowest BCUT2D eigenvalue weighted by molar-refractivity contribution is -0.136. The summed E-state index contributed by atoms with van der Waals surface area (Å²) in [5.74, 6) is 0.328. The van der Waals surface area contributed by atoms with E-state index in [0.29, 0.717) is 5.75 Å². The summed E-state index contributed by atoms with van der Waals surface area (Å²) in [7, 11) is 0. The largest absolute Gasteiger partial charge is 0.426 e. The highest BCUT2D eigenvalue weighted by Crippen LogP contribution is 2.36. The third kappa shape index (κ3) is 10.9. The van der Waals surface area contributed by atoms with Crippen LogP contribution in [-0.4, -0.2) is 16.7 Å². The zero-order valence-corrected chi connectivity index (χ0v) is 27.1. The van der Waals surface area contributed by atoms with Gasteiger partial charge in [-0.2, -0.15) is 0 Å². The molecule has 0 saturated heterocycles. The molecular weight excluding hydrogens is 518 g/mol. The maximum Gasteiger partial charge on any atom is 0.311 e. The van der Waals surface area contributed by atoms with Crippen molar-refractivity contribution >= 4 is 33.6 Å². The molecule has 3 aromatic rings. The molecule has 4 heteroatoms. The minimum atomic E-state index is -0.334. The van der Waals surface area contributed by atoms with Crippen LogP contribution in [0, 0.1) is 12.8 Å². The standard InChI is InChI=1S/C38H57NO3/c1-5-6-7-8-9-10-11-12-13-14-15-16-17-18-19-20-23-31-30(4)36(42-37(41)27-26-35(40)29(2)3)28-33-32-24-21-22-25-34(32)39-38(31)33/h21-22,24-25,28-29,39H,5-20,23,26-27H2,1-4H3. The van der Waals surface area contributed by atoms with E-state index < -0.39 is 0 Å². The zero-order chi connectivity index (χ0) is 30.2. The number of nitrogens with one attached hydrogen (secondary N) is 1. The highest BCUT2D eigenvalue weighted by molar-refractivity contribution is 6.09. The van der Waals surface area contributed by atoms with E-state index in [9.17, 15) is 9.59 Å². The molecule has 0 unspecified atom stereocenters. The highest BCUT2D eigenvalue weighted by Gasteiger charge is 2.18. The maximum atomic E-state index is 12.7. The van der Waals surface area contributed by atoms with Crippen molar-refractivity contribution in [3.8, 4) is 5.75 Å². The third-order valence-electron chi connectivity index (χ3n) is 8.87. The number of carbonyl (C=O) groups is 2. The molecule has 4 nitrogen and oxygen atoms in total. The summed E-state index contributed by atoms with van der Waals surface area (Å²) in [4.78, 5) is 28.3. The summed E-state index contributed by atoms with van der Waals surface area (Å²) in [5.41, 5.74) is 4.53. The fourth-order valence-corrected chi connectivity index (χ4v) is 6.08. The minimum Gasteiger partial charge on any atom is -0.426 e. The molecule has 0 bridgehead atoms. The molecule has 2 aromatic carbocycles. The number of fused-ring (bicyclic) bond motifs is 3. The summed E-state index contributed by atoms with van der Waals surface area (Å²) in [6, 6.07) is 10.3. The average Bonchev–Trinajstić information content (AvgIpc) is 3.35. The van der Waals surface area contributed by atoms with Gasteiger partial charge in [0.25, 0.3) is 0 Å². The van der Waals surface area contributed by atoms with E-state index >= 15 is 0 Å². The second kappa shape index (κ2) is 18.8. The quantitative estimate of drug-likeness (QED) is 0.0736. The van der Waals surface area contributed by atoms with Gasteiger partial charge in [0, 0.05) is 28.6 Å². The summed E-state index contributed by atoms with van der Waals surface area (Å²) < 4.78 is 5.87. The summed E-state index contributed by atoms with van der Waals surface area (Å²) in [5, 5.41) is 2.25. The molecule has 3 rings (SSSR count). The van der Waals surface area contributed by atoms with Gasteiger partial charge in [0.1, 0.15) is 11.5 Å². The van der Waals surface area contributed by atoms with Gasteiger partial charge in [-0.25, -0.2) is 0 Å². The van der Waals surface area contributed by atoms with Crippen LogP contribution in [0.4, 0.5) is 0 Å². The van der Waals surface area contributed by atoms with E-state index in [-0.39, 0.29) is 30.5 Å². The van der Waals surface area contributed by atoms with Crippen molar-refractivity contribution in [1.29, 1.82) is 0 Å². The van der Waals surface area contributed by atoms with Crippen LogP contribution < -0.4 is 4.74 Å². The molecular formula is C38H57NO3. The molecule has 42 heavy (non-hydrogen) atoms. The number of carbonyl (C=O) groups excluding carboxylic acids is 2. The van der Waals surface area contributed by atoms with Gasteiger partial charge in [0.15, 0.2) is 0 Å². The fourth-order valence-electron chi connectivity index (χ4n) is 6.08. The Morgan fingerprint density at radius 2 is 1.29 bits per heavy atom. The van der Waals surface area contributed by atoms with Gasteiger partial charge in [-0.15, -0.1) is 0 Å². The molecule has 1 N–H and O–H groups in total. The Balaban J connectivity index is 1.45. The Morgan fingerprint density at radius 1 is 0.738 bits per heavy atom. The van der Waals surface area contributed by atoms with Gasteiger partial charge in [-0.3, -0.25) is 9.59 Å². The number of Topliss-reactive ketones (excluding diaryl/α,β-unsaturated/α-hetero) is 1. The van der Waals surface area contributed by atoms with Crippen LogP contribution in [0.5, 0.6) is 5.75 Å². The first kappa shape index (κ1) is 33.9. The number of H-pyrrole nitrogens is 1. The topological polar surface area (TPSA) is 59.2 Å². The second-order valence-corrected chi connectivity index (χ2v) is 12.7. The number of aromatic amines is 1. The van der Waals surface area contributed by atoms with Crippen LogP contribution in [0.3, 0.4) is 0 Å². The van der Waals surface area contributed by atoms with Gasteiger partial charge in [-0.05, 0) is 43.0 Å². The van der Waals surface area contributed by atoms with Crippen LogP contribution in [0.2, 0.25) is 0 Å². The molecule has 1 heterocycles. The molecule has 232 valence electrons. The van der Waals surface area contributed by atoms with Crippen LogP contribution in [0.1, 0.15) is 147 Å². The van der Waals surface area contributed by atoms with Crippen LogP contribution in [0.15, 0.2) is 30.3 Å². The lowest BCUT2D eigenvalue weighted by atomic mass is 9.97. The Kier molecular flexibility index (Phi) is 15.2. The first-order valence-corrected chi connectivity index (χ1v) is 17.2. The normalized spacial score (nSPS) is 11.6. The minimum absolute atomic E-state index is 0.0616. The van der Waals surface area contributed by atoms with Gasteiger partial charge in [-0.1, -0.05) is 135 Å². The monoisotopic (exact) mass is 575 g/mol. The zero-order valence-electron chi connectivity index (χ0n) is 27.1. The predicted molar refractivity (Wildman–Crippen MR) is 179 cm³/mol. The first-order valence-electron chi connectivity index (χ1n) is 17.2. The van der Waals surface area contributed by atoms with E-state index in [1.54, 1.807) is 0 Å². The van der Waals surface area contributed by atoms with E-state index in [1.807, 2.05) is 32.0 Å². The Labute approximate surface area is 255 Å². The number of hydrogen-bond acceptors (Lipinski definition) is 3. The Bertz CT molecular complexity index is 1240. The number of rotatable bonds is 22. The average molecular weight is 576 g/mol. The van der Waals surface area contributed by atoms with Crippen LogP contribution in [0.25, 0.3) is 21.8 Å². The van der Waals surface area contributed by atoms with E-state index in [2.05, 4.69) is 31.0 Å². The summed E-state index contributed by atoms with van der Waals surface area (Å²) in [6.45, 7) is 8.09. The molecule has 0 radical (unpaired) electrons. The first-order chi connectivity index (χ1) is 20.4. The smallest absolute Gasteiger partial charge is 0.311 e. The summed E-state index contributed by atoms with van der Waals surface area (Å²) >= 11 is 0. The molecule has 0 amide bonds. The van der Waals surface area contributed by atoms with E-state index in [0.717, 1.165) is 40.2 Å². The molecule has 1 aromatic heterocycles. The third-order valence-corrected chi connectivity index (χ3v) is 8.87. The van der Waals surface area contributed by atoms with Gasteiger partial charge in [0.05, 0.1) is 11.9 Å². The van der Waals surface area contributed by atoms with Crippen molar-refractivity contribution in [1.82, 2.24) is 4.98 Å².